The van der Waals surface area contributed by atoms with Gasteiger partial charge in [-0.2, -0.15) is 12.7 Å². The SMILES string of the molecule is CCCN(c1ccccc1N)S(=O)(=O)N1CCC(C)CC1. The number of anilines is 2. The van der Waals surface area contributed by atoms with E-state index in [-0.39, 0.29) is 0 Å². The molecule has 1 aliphatic heterocycles. The van der Waals surface area contributed by atoms with Gasteiger partial charge in [0.2, 0.25) is 0 Å². The highest BCUT2D eigenvalue weighted by Gasteiger charge is 2.32. The highest BCUT2D eigenvalue weighted by molar-refractivity contribution is 7.90. The first-order chi connectivity index (χ1) is 9.96. The molecule has 0 bridgehead atoms. The van der Waals surface area contributed by atoms with Gasteiger partial charge in [-0.1, -0.05) is 26.0 Å². The summed E-state index contributed by atoms with van der Waals surface area (Å²) in [6.07, 6.45) is 2.59. The average molecular weight is 311 g/mol. The summed E-state index contributed by atoms with van der Waals surface area (Å²) in [6.45, 7) is 5.78. The van der Waals surface area contributed by atoms with E-state index in [9.17, 15) is 8.42 Å². The summed E-state index contributed by atoms with van der Waals surface area (Å²) in [4.78, 5) is 0. The van der Waals surface area contributed by atoms with Crippen molar-refractivity contribution < 1.29 is 8.42 Å². The first-order valence-corrected chi connectivity index (χ1v) is 8.98. The molecule has 1 heterocycles. The molecule has 2 N–H and O–H groups in total. The standard InChI is InChI=1S/C15H25N3O2S/c1-3-10-18(15-7-5-4-6-14(15)16)21(19,20)17-11-8-13(2)9-12-17/h4-7,13H,3,8-12,16H2,1-2H3. The van der Waals surface area contributed by atoms with Crippen LogP contribution in [-0.2, 0) is 10.2 Å². The number of hydrogen-bond donors (Lipinski definition) is 1. The molecule has 118 valence electrons. The van der Waals surface area contributed by atoms with Crippen LogP contribution >= 0.6 is 0 Å². The summed E-state index contributed by atoms with van der Waals surface area (Å²) in [5.74, 6) is 0.595. The maximum atomic E-state index is 12.9. The van der Waals surface area contributed by atoms with Gasteiger partial charge in [0.05, 0.1) is 11.4 Å². The maximum Gasteiger partial charge on any atom is 0.304 e. The number of nitrogen functional groups attached to an aromatic ring is 1. The summed E-state index contributed by atoms with van der Waals surface area (Å²) < 4.78 is 28.9. The second-order valence-corrected chi connectivity index (χ2v) is 7.57. The molecule has 1 aliphatic rings. The second kappa shape index (κ2) is 6.66. The van der Waals surface area contributed by atoms with Gasteiger partial charge in [-0.15, -0.1) is 0 Å². The Labute approximate surface area is 127 Å². The van der Waals surface area contributed by atoms with Gasteiger partial charge in [0.15, 0.2) is 0 Å². The Balaban J connectivity index is 2.31. The van der Waals surface area contributed by atoms with Crippen LogP contribution in [0.2, 0.25) is 0 Å². The third-order valence-electron chi connectivity index (χ3n) is 3.98. The molecular weight excluding hydrogens is 286 g/mol. The molecular formula is C15H25N3O2S. The van der Waals surface area contributed by atoms with Crippen LogP contribution in [0.15, 0.2) is 24.3 Å². The third-order valence-corrected chi connectivity index (χ3v) is 5.93. The van der Waals surface area contributed by atoms with Gasteiger partial charge in [-0.3, -0.25) is 4.31 Å². The van der Waals surface area contributed by atoms with Gasteiger partial charge >= 0.3 is 10.2 Å². The van der Waals surface area contributed by atoms with Gasteiger partial charge in [0, 0.05) is 19.6 Å². The molecule has 0 radical (unpaired) electrons. The van der Waals surface area contributed by atoms with E-state index in [4.69, 9.17) is 5.73 Å². The van der Waals surface area contributed by atoms with E-state index >= 15 is 0 Å². The van der Waals surface area contributed by atoms with Crippen LogP contribution in [-0.4, -0.2) is 32.4 Å². The summed E-state index contributed by atoms with van der Waals surface area (Å²) in [6, 6.07) is 7.15. The summed E-state index contributed by atoms with van der Waals surface area (Å²) in [5, 5.41) is 0. The molecule has 0 spiro atoms. The fourth-order valence-corrected chi connectivity index (χ4v) is 4.41. The molecule has 1 saturated heterocycles. The average Bonchev–Trinajstić information content (AvgIpc) is 2.46. The van der Waals surface area contributed by atoms with Crippen molar-refractivity contribution in [2.75, 3.05) is 29.7 Å². The molecule has 1 aromatic carbocycles. The Morgan fingerprint density at radius 2 is 1.90 bits per heavy atom. The number of nitrogens with two attached hydrogens (primary N) is 1. The highest BCUT2D eigenvalue weighted by Crippen LogP contribution is 2.29. The van der Waals surface area contributed by atoms with Gasteiger partial charge in [-0.05, 0) is 37.3 Å². The molecule has 21 heavy (non-hydrogen) atoms. The molecule has 0 amide bonds. The number of hydrogen-bond acceptors (Lipinski definition) is 3. The predicted molar refractivity (Wildman–Crippen MR) is 87.4 cm³/mol. The fraction of sp³-hybridized carbons (Fsp3) is 0.600. The fourth-order valence-electron chi connectivity index (χ4n) is 2.63. The zero-order valence-corrected chi connectivity index (χ0v) is 13.6. The Morgan fingerprint density at radius 1 is 1.29 bits per heavy atom. The zero-order chi connectivity index (χ0) is 15.5. The number of benzene rings is 1. The minimum atomic E-state index is -3.50. The Kier molecular flexibility index (Phi) is 5.11. The van der Waals surface area contributed by atoms with Crippen molar-refractivity contribution in [2.45, 2.75) is 33.1 Å². The molecule has 0 unspecified atom stereocenters. The normalized spacial score (nSPS) is 17.8. The van der Waals surface area contributed by atoms with Crippen LogP contribution in [0.5, 0.6) is 0 Å². The first-order valence-electron chi connectivity index (χ1n) is 7.59. The van der Waals surface area contributed by atoms with Crippen molar-refractivity contribution in [3.8, 4) is 0 Å². The molecule has 0 aliphatic carbocycles. The van der Waals surface area contributed by atoms with E-state index < -0.39 is 10.2 Å². The zero-order valence-electron chi connectivity index (χ0n) is 12.8. The van der Waals surface area contributed by atoms with Crippen molar-refractivity contribution in [1.82, 2.24) is 4.31 Å². The molecule has 2 rings (SSSR count). The largest absolute Gasteiger partial charge is 0.397 e. The Bertz CT molecular complexity index is 566. The monoisotopic (exact) mass is 311 g/mol. The molecule has 0 aromatic heterocycles. The third kappa shape index (κ3) is 3.49. The number of piperidine rings is 1. The van der Waals surface area contributed by atoms with Crippen LogP contribution in [0.4, 0.5) is 11.4 Å². The summed E-state index contributed by atoms with van der Waals surface area (Å²) in [5.41, 5.74) is 7.06. The molecule has 0 saturated carbocycles. The van der Waals surface area contributed by atoms with Gasteiger partial charge < -0.3 is 5.73 Å². The molecule has 1 aromatic rings. The number of nitrogens with zero attached hydrogens (tertiary/aromatic N) is 2. The van der Waals surface area contributed by atoms with Crippen LogP contribution in [0.3, 0.4) is 0 Å². The van der Waals surface area contributed by atoms with Gasteiger partial charge in [0.25, 0.3) is 0 Å². The van der Waals surface area contributed by atoms with Crippen molar-refractivity contribution in [2.24, 2.45) is 5.92 Å². The second-order valence-electron chi connectivity index (χ2n) is 5.72. The van der Waals surface area contributed by atoms with Crippen LogP contribution in [0.1, 0.15) is 33.1 Å². The number of para-hydroxylation sites is 2. The minimum Gasteiger partial charge on any atom is -0.397 e. The van der Waals surface area contributed by atoms with Crippen molar-refractivity contribution in [3.63, 3.8) is 0 Å². The Hall–Kier alpha value is -1.27. The van der Waals surface area contributed by atoms with E-state index in [1.165, 1.54) is 4.31 Å². The lowest BCUT2D eigenvalue weighted by molar-refractivity contribution is 0.287. The quantitative estimate of drug-likeness (QED) is 0.849. The van der Waals surface area contributed by atoms with Crippen LogP contribution < -0.4 is 10.0 Å². The van der Waals surface area contributed by atoms with E-state index in [2.05, 4.69) is 6.92 Å². The van der Waals surface area contributed by atoms with E-state index in [0.29, 0.717) is 36.9 Å². The highest BCUT2D eigenvalue weighted by atomic mass is 32.2. The molecule has 6 heteroatoms. The lowest BCUT2D eigenvalue weighted by Crippen LogP contribution is -2.47. The molecule has 0 atom stereocenters. The van der Waals surface area contributed by atoms with Crippen molar-refractivity contribution >= 4 is 21.6 Å². The lowest BCUT2D eigenvalue weighted by Gasteiger charge is -2.35. The van der Waals surface area contributed by atoms with Crippen LogP contribution in [0.25, 0.3) is 0 Å². The van der Waals surface area contributed by atoms with Crippen molar-refractivity contribution in [1.29, 1.82) is 0 Å². The topological polar surface area (TPSA) is 66.6 Å². The van der Waals surface area contributed by atoms with Gasteiger partial charge in [0.1, 0.15) is 0 Å². The molecule has 1 fully saturated rings. The molecule has 5 nitrogen and oxygen atoms in total. The van der Waals surface area contributed by atoms with E-state index in [0.717, 1.165) is 19.3 Å². The van der Waals surface area contributed by atoms with Gasteiger partial charge in [-0.25, -0.2) is 0 Å². The first kappa shape index (κ1) is 16.1. The van der Waals surface area contributed by atoms with Crippen molar-refractivity contribution in [3.05, 3.63) is 24.3 Å². The van der Waals surface area contributed by atoms with E-state index in [1.807, 2.05) is 19.1 Å². The summed E-state index contributed by atoms with van der Waals surface area (Å²) in [7, 11) is -3.50. The smallest absolute Gasteiger partial charge is 0.304 e. The predicted octanol–water partition coefficient (Wildman–Crippen LogP) is 2.46. The minimum absolute atomic E-state index is 0.447. The number of rotatable bonds is 5. The van der Waals surface area contributed by atoms with Crippen LogP contribution in [0, 0.1) is 5.92 Å². The lowest BCUT2D eigenvalue weighted by atomic mass is 10.0. The van der Waals surface area contributed by atoms with E-state index in [1.54, 1.807) is 16.4 Å². The Morgan fingerprint density at radius 3 is 2.48 bits per heavy atom. The maximum absolute atomic E-state index is 12.9. The summed E-state index contributed by atoms with van der Waals surface area (Å²) >= 11 is 0.